The zero-order chi connectivity index (χ0) is 14.5. The average Bonchev–Trinajstić information content (AvgIpc) is 2.37. The molecule has 0 aliphatic carbocycles. The van der Waals surface area contributed by atoms with Crippen molar-refractivity contribution in [2.24, 2.45) is 5.73 Å². The lowest BCUT2D eigenvalue weighted by Gasteiger charge is -2.13. The van der Waals surface area contributed by atoms with Crippen LogP contribution >= 0.6 is 12.2 Å². The first-order valence-corrected chi connectivity index (χ1v) is 7.77. The summed E-state index contributed by atoms with van der Waals surface area (Å²) in [7, 11) is -3.53. The molecular formula is C12H18N2O3S2. The quantitative estimate of drug-likeness (QED) is 0.735. The van der Waals surface area contributed by atoms with Gasteiger partial charge in [-0.1, -0.05) is 24.4 Å². The van der Waals surface area contributed by atoms with E-state index in [1.54, 1.807) is 12.1 Å². The highest BCUT2D eigenvalue weighted by Gasteiger charge is 2.15. The summed E-state index contributed by atoms with van der Waals surface area (Å²) >= 11 is 4.81. The molecular weight excluding hydrogens is 284 g/mol. The Morgan fingerprint density at radius 2 is 2.00 bits per heavy atom. The molecule has 1 atom stereocenters. The van der Waals surface area contributed by atoms with Crippen LogP contribution in [0.3, 0.4) is 0 Å². The maximum absolute atomic E-state index is 12.0. The summed E-state index contributed by atoms with van der Waals surface area (Å²) in [4.78, 5) is 0.415. The third kappa shape index (κ3) is 4.87. The van der Waals surface area contributed by atoms with Crippen molar-refractivity contribution in [2.75, 3.05) is 13.2 Å². The van der Waals surface area contributed by atoms with E-state index in [-0.39, 0.29) is 22.5 Å². The van der Waals surface area contributed by atoms with Gasteiger partial charge in [-0.3, -0.25) is 0 Å². The number of benzene rings is 1. The monoisotopic (exact) mass is 302 g/mol. The Labute approximate surface area is 119 Å². The van der Waals surface area contributed by atoms with Gasteiger partial charge in [0, 0.05) is 18.7 Å². The van der Waals surface area contributed by atoms with E-state index in [0.717, 1.165) is 0 Å². The molecule has 1 aromatic rings. The highest BCUT2D eigenvalue weighted by Crippen LogP contribution is 2.10. The average molecular weight is 302 g/mol. The fourth-order valence-corrected chi connectivity index (χ4v) is 2.70. The molecule has 3 N–H and O–H groups in total. The predicted octanol–water partition coefficient (Wildman–Crippen LogP) is 1.02. The summed E-state index contributed by atoms with van der Waals surface area (Å²) < 4.78 is 31.7. The van der Waals surface area contributed by atoms with Gasteiger partial charge in [-0.25, -0.2) is 13.1 Å². The largest absolute Gasteiger partial charge is 0.389 e. The smallest absolute Gasteiger partial charge is 0.240 e. The van der Waals surface area contributed by atoms with Crippen LogP contribution in [0, 0.1) is 0 Å². The lowest BCUT2D eigenvalue weighted by Crippen LogP contribution is -2.32. The Bertz CT molecular complexity index is 526. The first-order chi connectivity index (χ1) is 8.86. The van der Waals surface area contributed by atoms with E-state index >= 15 is 0 Å². The van der Waals surface area contributed by atoms with Crippen LogP contribution < -0.4 is 10.5 Å². The number of sulfonamides is 1. The summed E-state index contributed by atoms with van der Waals surface area (Å²) in [5.74, 6) is 0. The molecule has 0 heterocycles. The van der Waals surface area contributed by atoms with E-state index in [2.05, 4.69) is 4.72 Å². The number of ether oxygens (including phenoxy) is 1. The van der Waals surface area contributed by atoms with E-state index in [1.807, 2.05) is 13.8 Å². The zero-order valence-electron chi connectivity index (χ0n) is 10.9. The van der Waals surface area contributed by atoms with Crippen LogP contribution in [0.25, 0.3) is 0 Å². The molecule has 1 unspecified atom stereocenters. The van der Waals surface area contributed by atoms with Crippen LogP contribution in [0.5, 0.6) is 0 Å². The second-order valence-corrected chi connectivity index (χ2v) is 6.21. The molecule has 0 fully saturated rings. The van der Waals surface area contributed by atoms with Crippen LogP contribution in [0.15, 0.2) is 29.2 Å². The van der Waals surface area contributed by atoms with Crippen LogP contribution in [-0.4, -0.2) is 32.7 Å². The molecule has 0 aromatic heterocycles. The fourth-order valence-electron chi connectivity index (χ4n) is 1.45. The SMILES string of the molecule is CCOC(C)CNS(=O)(=O)c1ccc(C(N)=S)cc1. The van der Waals surface area contributed by atoms with Gasteiger partial charge in [0.2, 0.25) is 10.0 Å². The Hall–Kier alpha value is -1.02. The summed E-state index contributed by atoms with van der Waals surface area (Å²) in [5, 5.41) is 0. The summed E-state index contributed by atoms with van der Waals surface area (Å²) in [6.07, 6.45) is -0.171. The lowest BCUT2D eigenvalue weighted by atomic mass is 10.2. The van der Waals surface area contributed by atoms with Crippen molar-refractivity contribution in [3.8, 4) is 0 Å². The minimum absolute atomic E-state index is 0.171. The maximum Gasteiger partial charge on any atom is 0.240 e. The Balaban J connectivity index is 2.74. The molecule has 106 valence electrons. The van der Waals surface area contributed by atoms with Crippen LogP contribution in [0.2, 0.25) is 0 Å². The number of nitrogens with one attached hydrogen (secondary N) is 1. The predicted molar refractivity (Wildman–Crippen MR) is 78.6 cm³/mol. The first-order valence-electron chi connectivity index (χ1n) is 5.88. The fraction of sp³-hybridized carbons (Fsp3) is 0.417. The number of hydrogen-bond acceptors (Lipinski definition) is 4. The zero-order valence-corrected chi connectivity index (χ0v) is 12.6. The number of nitrogens with two attached hydrogens (primary N) is 1. The number of hydrogen-bond donors (Lipinski definition) is 2. The molecule has 0 radical (unpaired) electrons. The first kappa shape index (κ1) is 16.0. The Morgan fingerprint density at radius 3 is 2.47 bits per heavy atom. The summed E-state index contributed by atoms with van der Waals surface area (Å²) in [6.45, 7) is 4.44. The molecule has 1 rings (SSSR count). The van der Waals surface area contributed by atoms with Crippen molar-refractivity contribution in [3.05, 3.63) is 29.8 Å². The van der Waals surface area contributed by atoms with Crippen molar-refractivity contribution in [2.45, 2.75) is 24.8 Å². The van der Waals surface area contributed by atoms with Gasteiger partial charge in [-0.15, -0.1) is 0 Å². The van der Waals surface area contributed by atoms with Gasteiger partial charge >= 0.3 is 0 Å². The van der Waals surface area contributed by atoms with Crippen LogP contribution in [-0.2, 0) is 14.8 Å². The van der Waals surface area contributed by atoms with Gasteiger partial charge in [0.1, 0.15) is 4.99 Å². The van der Waals surface area contributed by atoms with Crippen molar-refractivity contribution in [3.63, 3.8) is 0 Å². The molecule has 0 saturated carbocycles. The second kappa shape index (κ2) is 6.95. The molecule has 5 nitrogen and oxygen atoms in total. The minimum atomic E-state index is -3.53. The number of thiocarbonyl (C=S) groups is 1. The summed E-state index contributed by atoms with van der Waals surface area (Å²) in [6, 6.07) is 6.12. The van der Waals surface area contributed by atoms with E-state index in [0.29, 0.717) is 12.2 Å². The Kier molecular flexibility index (Phi) is 5.86. The Morgan fingerprint density at radius 1 is 1.42 bits per heavy atom. The van der Waals surface area contributed by atoms with Gasteiger partial charge in [-0.05, 0) is 26.0 Å². The third-order valence-corrected chi connectivity index (χ3v) is 4.14. The van der Waals surface area contributed by atoms with E-state index < -0.39 is 10.0 Å². The van der Waals surface area contributed by atoms with Gasteiger partial charge in [-0.2, -0.15) is 0 Å². The third-order valence-electron chi connectivity index (χ3n) is 2.46. The van der Waals surface area contributed by atoms with E-state index in [9.17, 15) is 8.42 Å². The van der Waals surface area contributed by atoms with Gasteiger partial charge in [0.05, 0.1) is 11.0 Å². The topological polar surface area (TPSA) is 81.4 Å². The van der Waals surface area contributed by atoms with Crippen LogP contribution in [0.1, 0.15) is 19.4 Å². The van der Waals surface area contributed by atoms with E-state index in [1.165, 1.54) is 12.1 Å². The van der Waals surface area contributed by atoms with Crippen molar-refractivity contribution >= 4 is 27.2 Å². The molecule has 19 heavy (non-hydrogen) atoms. The van der Waals surface area contributed by atoms with Crippen molar-refractivity contribution in [1.29, 1.82) is 0 Å². The molecule has 0 spiro atoms. The van der Waals surface area contributed by atoms with Gasteiger partial charge in [0.15, 0.2) is 0 Å². The highest BCUT2D eigenvalue weighted by atomic mass is 32.2. The van der Waals surface area contributed by atoms with E-state index in [4.69, 9.17) is 22.7 Å². The normalized spacial score (nSPS) is 13.2. The highest BCUT2D eigenvalue weighted by molar-refractivity contribution is 7.89. The van der Waals surface area contributed by atoms with Gasteiger partial charge < -0.3 is 10.5 Å². The second-order valence-electron chi connectivity index (χ2n) is 4.01. The standard InChI is InChI=1S/C12H18N2O3S2/c1-3-17-9(2)8-14-19(15,16)11-6-4-10(5-7-11)12(13)18/h4-7,9,14H,3,8H2,1-2H3,(H2,13,18). The van der Waals surface area contributed by atoms with Gasteiger partial charge in [0.25, 0.3) is 0 Å². The molecule has 0 amide bonds. The van der Waals surface area contributed by atoms with Crippen molar-refractivity contribution < 1.29 is 13.2 Å². The molecule has 0 aliphatic rings. The van der Waals surface area contributed by atoms with Crippen molar-refractivity contribution in [1.82, 2.24) is 4.72 Å². The molecule has 1 aromatic carbocycles. The maximum atomic E-state index is 12.0. The molecule has 0 aliphatic heterocycles. The molecule has 7 heteroatoms. The number of rotatable bonds is 7. The summed E-state index contributed by atoms with van der Waals surface area (Å²) in [5.41, 5.74) is 6.09. The van der Waals surface area contributed by atoms with Crippen LogP contribution in [0.4, 0.5) is 0 Å². The molecule has 0 saturated heterocycles. The lowest BCUT2D eigenvalue weighted by molar-refractivity contribution is 0.0799. The molecule has 0 bridgehead atoms. The minimum Gasteiger partial charge on any atom is -0.389 e.